The molecule has 2 aromatic carbocycles. The van der Waals surface area contributed by atoms with E-state index in [9.17, 15) is 14.4 Å². The van der Waals surface area contributed by atoms with Crippen molar-refractivity contribution in [2.45, 2.75) is 25.4 Å². The number of thiazole rings is 1. The molecule has 38 heavy (non-hydrogen) atoms. The van der Waals surface area contributed by atoms with Crippen molar-refractivity contribution < 1.29 is 19.1 Å². The number of likely N-dealkylation sites (tertiary alicyclic amines) is 1. The molecule has 1 aromatic heterocycles. The summed E-state index contributed by atoms with van der Waals surface area (Å²) in [5.74, 6) is -0.350. The largest absolute Gasteiger partial charge is 0.370 e. The summed E-state index contributed by atoms with van der Waals surface area (Å²) in [4.78, 5) is 46.7. The highest BCUT2D eigenvalue weighted by Gasteiger charge is 2.32. The summed E-state index contributed by atoms with van der Waals surface area (Å²) in [5, 5.41) is 7.44. The highest BCUT2D eigenvalue weighted by atomic mass is 35.5. The molecule has 3 aromatic rings. The van der Waals surface area contributed by atoms with Crippen molar-refractivity contribution in [2.24, 2.45) is 0 Å². The summed E-state index contributed by atoms with van der Waals surface area (Å²) in [5.41, 5.74) is 2.40. The predicted octanol–water partition coefficient (Wildman–Crippen LogP) is 3.55. The number of carbonyl (C=O) groups is 3. The third-order valence-electron chi connectivity index (χ3n) is 6.55. The molecule has 2 N–H and O–H groups in total. The van der Waals surface area contributed by atoms with Crippen molar-refractivity contribution in [1.29, 1.82) is 0 Å². The van der Waals surface area contributed by atoms with Gasteiger partial charge < -0.3 is 20.3 Å². The number of rotatable bonds is 8. The molecule has 2 fully saturated rings. The highest BCUT2D eigenvalue weighted by molar-refractivity contribution is 7.15. The van der Waals surface area contributed by atoms with Gasteiger partial charge in [-0.25, -0.2) is 4.98 Å². The number of nitrogens with zero attached hydrogens (tertiary/aromatic N) is 3. The Morgan fingerprint density at radius 2 is 1.89 bits per heavy atom. The lowest BCUT2D eigenvalue weighted by atomic mass is 10.2. The molecule has 3 heterocycles. The predicted molar refractivity (Wildman–Crippen MR) is 147 cm³/mol. The minimum absolute atomic E-state index is 0.0785. The van der Waals surface area contributed by atoms with Crippen LogP contribution in [0.2, 0.25) is 5.02 Å². The maximum absolute atomic E-state index is 13.0. The Labute approximate surface area is 229 Å². The van der Waals surface area contributed by atoms with Gasteiger partial charge in [0.2, 0.25) is 11.8 Å². The first kappa shape index (κ1) is 26.3. The highest BCUT2D eigenvalue weighted by Crippen LogP contribution is 2.26. The Morgan fingerprint density at radius 1 is 1.11 bits per heavy atom. The minimum atomic E-state index is -0.374. The molecule has 0 spiro atoms. The van der Waals surface area contributed by atoms with Gasteiger partial charge in [-0.3, -0.25) is 19.3 Å². The van der Waals surface area contributed by atoms with E-state index in [0.717, 1.165) is 27.6 Å². The van der Waals surface area contributed by atoms with E-state index < -0.39 is 0 Å². The molecule has 1 atom stereocenters. The molecule has 0 unspecified atom stereocenters. The number of carbonyl (C=O) groups excluding carboxylic acids is 3. The number of hydrogen-bond acceptors (Lipinski definition) is 7. The molecule has 0 radical (unpaired) electrons. The van der Waals surface area contributed by atoms with Crippen LogP contribution in [0.5, 0.6) is 0 Å². The zero-order valence-corrected chi connectivity index (χ0v) is 22.3. The average Bonchev–Trinajstić information content (AvgIpc) is 3.59. The molecule has 0 saturated carbocycles. The number of halogens is 1. The number of ether oxygens (including phenoxy) is 1. The molecule has 2 aliphatic rings. The smallest absolute Gasteiger partial charge is 0.253 e. The first-order valence-corrected chi connectivity index (χ1v) is 13.7. The number of benzene rings is 2. The fourth-order valence-corrected chi connectivity index (χ4v) is 5.58. The summed E-state index contributed by atoms with van der Waals surface area (Å²) in [6.07, 6.45) is 3.31. The van der Waals surface area contributed by atoms with Crippen LogP contribution in [0, 0.1) is 0 Å². The van der Waals surface area contributed by atoms with E-state index in [1.807, 2.05) is 41.3 Å². The second-order valence-electron chi connectivity index (χ2n) is 9.18. The Morgan fingerprint density at radius 3 is 2.66 bits per heavy atom. The van der Waals surface area contributed by atoms with E-state index in [1.54, 1.807) is 23.2 Å². The zero-order valence-electron chi connectivity index (χ0n) is 20.7. The van der Waals surface area contributed by atoms with Gasteiger partial charge in [-0.15, -0.1) is 11.3 Å². The maximum atomic E-state index is 13.0. The van der Waals surface area contributed by atoms with E-state index in [4.69, 9.17) is 16.3 Å². The van der Waals surface area contributed by atoms with Crippen molar-refractivity contribution in [1.82, 2.24) is 15.2 Å². The minimum Gasteiger partial charge on any atom is -0.370 e. The van der Waals surface area contributed by atoms with Crippen LogP contribution in [0.1, 0.15) is 17.7 Å². The van der Waals surface area contributed by atoms with Crippen LogP contribution in [-0.2, 0) is 25.7 Å². The lowest BCUT2D eigenvalue weighted by molar-refractivity contribution is -0.126. The van der Waals surface area contributed by atoms with Gasteiger partial charge >= 0.3 is 0 Å². The standard InChI is InChI=1S/C27H28ClN5O4S/c28-19-5-3-18(4-6-19)27-30-15-22(38-27)14-29-24(34)16-32-11-1-2-23(32)26(36)31-20-7-9-21(10-8-20)33-12-13-37-17-25(33)35/h3-10,15,23H,1-2,11-14,16-17H2,(H,29,34)(H,31,36)/t23-/m1/s1. The number of nitrogens with one attached hydrogen (secondary N) is 2. The van der Waals surface area contributed by atoms with Crippen molar-refractivity contribution in [2.75, 3.05) is 43.1 Å². The molecular weight excluding hydrogens is 526 g/mol. The Hall–Kier alpha value is -3.31. The van der Waals surface area contributed by atoms with Gasteiger partial charge in [-0.05, 0) is 55.8 Å². The normalized spacial score (nSPS) is 18.0. The van der Waals surface area contributed by atoms with Gasteiger partial charge in [0.1, 0.15) is 11.6 Å². The zero-order chi connectivity index (χ0) is 26.5. The number of hydrogen-bond donors (Lipinski definition) is 2. The Kier molecular flexibility index (Phi) is 8.33. The maximum Gasteiger partial charge on any atom is 0.253 e. The lowest BCUT2D eigenvalue weighted by Crippen LogP contribution is -2.44. The monoisotopic (exact) mass is 553 g/mol. The van der Waals surface area contributed by atoms with Crippen molar-refractivity contribution in [3.05, 3.63) is 64.6 Å². The second-order valence-corrected chi connectivity index (χ2v) is 10.7. The van der Waals surface area contributed by atoms with Crippen LogP contribution < -0.4 is 15.5 Å². The van der Waals surface area contributed by atoms with E-state index in [2.05, 4.69) is 15.6 Å². The van der Waals surface area contributed by atoms with E-state index >= 15 is 0 Å². The molecule has 2 aliphatic heterocycles. The van der Waals surface area contributed by atoms with Crippen LogP contribution in [-0.4, -0.2) is 66.5 Å². The Bertz CT molecular complexity index is 1300. The molecular formula is C27H28ClN5O4S. The summed E-state index contributed by atoms with van der Waals surface area (Å²) in [7, 11) is 0. The van der Waals surface area contributed by atoms with Crippen LogP contribution in [0.3, 0.4) is 0 Å². The third kappa shape index (κ3) is 6.39. The molecule has 9 nitrogen and oxygen atoms in total. The molecule has 3 amide bonds. The van der Waals surface area contributed by atoms with Gasteiger partial charge in [0.25, 0.3) is 5.91 Å². The molecule has 2 saturated heterocycles. The number of aromatic nitrogens is 1. The Balaban J connectivity index is 1.11. The number of anilines is 2. The van der Waals surface area contributed by atoms with Crippen molar-refractivity contribution in [3.63, 3.8) is 0 Å². The van der Waals surface area contributed by atoms with Gasteiger partial charge in [-0.1, -0.05) is 23.7 Å². The van der Waals surface area contributed by atoms with E-state index in [0.29, 0.717) is 43.4 Å². The van der Waals surface area contributed by atoms with Gasteiger partial charge in [0, 0.05) is 39.6 Å². The van der Waals surface area contributed by atoms with E-state index in [1.165, 1.54) is 11.3 Å². The third-order valence-corrected chi connectivity index (χ3v) is 7.85. The van der Waals surface area contributed by atoms with Crippen LogP contribution >= 0.6 is 22.9 Å². The molecule has 0 aliphatic carbocycles. The second kappa shape index (κ2) is 12.0. The summed E-state index contributed by atoms with van der Waals surface area (Å²) >= 11 is 7.48. The summed E-state index contributed by atoms with van der Waals surface area (Å²) in [6, 6.07) is 14.3. The van der Waals surface area contributed by atoms with Crippen molar-refractivity contribution >= 4 is 52.0 Å². The van der Waals surface area contributed by atoms with Crippen LogP contribution in [0.4, 0.5) is 11.4 Å². The summed E-state index contributed by atoms with van der Waals surface area (Å²) in [6.45, 7) is 2.31. The van der Waals surface area contributed by atoms with E-state index in [-0.39, 0.29) is 36.9 Å². The quantitative estimate of drug-likeness (QED) is 0.442. The SMILES string of the molecule is O=C(CN1CCC[C@@H]1C(=O)Nc1ccc(N2CCOCC2=O)cc1)NCc1cnc(-c2ccc(Cl)cc2)s1. The summed E-state index contributed by atoms with van der Waals surface area (Å²) < 4.78 is 5.18. The average molecular weight is 554 g/mol. The number of amides is 3. The fourth-order valence-electron chi connectivity index (χ4n) is 4.59. The molecule has 11 heteroatoms. The molecule has 198 valence electrons. The van der Waals surface area contributed by atoms with Crippen LogP contribution in [0.25, 0.3) is 10.6 Å². The first-order valence-electron chi connectivity index (χ1n) is 12.5. The van der Waals surface area contributed by atoms with Gasteiger partial charge in [0.05, 0.1) is 25.7 Å². The topological polar surface area (TPSA) is 104 Å². The first-order chi connectivity index (χ1) is 18.5. The van der Waals surface area contributed by atoms with Gasteiger partial charge in [-0.2, -0.15) is 0 Å². The molecule has 0 bridgehead atoms. The van der Waals surface area contributed by atoms with Crippen LogP contribution in [0.15, 0.2) is 54.7 Å². The lowest BCUT2D eigenvalue weighted by Gasteiger charge is -2.27. The van der Waals surface area contributed by atoms with Gasteiger partial charge in [0.15, 0.2) is 0 Å². The molecule has 5 rings (SSSR count). The number of morpholine rings is 1. The van der Waals surface area contributed by atoms with Crippen molar-refractivity contribution in [3.8, 4) is 10.6 Å². The fraction of sp³-hybridized carbons (Fsp3) is 0.333.